The fourth-order valence-electron chi connectivity index (χ4n) is 2.90. The fraction of sp³-hybridized carbons (Fsp3) is 0.846. The fourth-order valence-corrected chi connectivity index (χ4v) is 2.90. The minimum Gasteiger partial charge on any atom is -0.455 e. The van der Waals surface area contributed by atoms with E-state index in [2.05, 4.69) is 0 Å². The van der Waals surface area contributed by atoms with Gasteiger partial charge in [-0.1, -0.05) is 0 Å². The highest BCUT2D eigenvalue weighted by Gasteiger charge is 2.58. The zero-order valence-corrected chi connectivity index (χ0v) is 23.6. The third kappa shape index (κ3) is 7.90. The topological polar surface area (TPSA) is 146 Å². The van der Waals surface area contributed by atoms with Crippen molar-refractivity contribution >= 4 is 23.9 Å². The summed E-state index contributed by atoms with van der Waals surface area (Å²) in [4.78, 5) is 51.0. The van der Waals surface area contributed by atoms with E-state index in [0.717, 1.165) is 0 Å². The molecule has 2 N–H and O–H groups in total. The zero-order chi connectivity index (χ0) is 28.6. The number of aliphatic hydroxyl groups excluding tert-OH is 2. The quantitative estimate of drug-likeness (QED) is 0.422. The molecule has 1 rings (SSSR count). The SMILES string of the molecule is CC(C)(C)C(=O)O[C@@H]1C(O)[C@H](OC(=O)C(C)(C)C)[C@@H](OC(=O)C(C)(C)C)C(O)[C@H]1OC(=O)C(C)(C)C. The highest BCUT2D eigenvalue weighted by atomic mass is 16.6. The second kappa shape index (κ2) is 10.7. The lowest BCUT2D eigenvalue weighted by Gasteiger charge is -2.46. The molecular weight excluding hydrogens is 472 g/mol. The number of rotatable bonds is 4. The van der Waals surface area contributed by atoms with Crippen molar-refractivity contribution in [3.05, 3.63) is 0 Å². The zero-order valence-electron chi connectivity index (χ0n) is 23.6. The molecule has 0 radical (unpaired) electrons. The molecule has 0 aromatic heterocycles. The number of carbonyl (C=O) groups excluding carboxylic acids is 4. The maximum atomic E-state index is 12.7. The van der Waals surface area contributed by atoms with Gasteiger partial charge in [-0.25, -0.2) is 0 Å². The van der Waals surface area contributed by atoms with Crippen LogP contribution in [0.3, 0.4) is 0 Å². The largest absolute Gasteiger partial charge is 0.455 e. The van der Waals surface area contributed by atoms with Gasteiger partial charge in [0.15, 0.2) is 24.4 Å². The highest BCUT2D eigenvalue weighted by Crippen LogP contribution is 2.35. The third-order valence-electron chi connectivity index (χ3n) is 5.42. The number of hydrogen-bond acceptors (Lipinski definition) is 10. The molecule has 0 amide bonds. The van der Waals surface area contributed by atoms with Crippen molar-refractivity contribution in [3.8, 4) is 0 Å². The summed E-state index contributed by atoms with van der Waals surface area (Å²) in [7, 11) is 0. The molecule has 2 unspecified atom stereocenters. The van der Waals surface area contributed by atoms with Crippen LogP contribution in [0.4, 0.5) is 0 Å². The first-order valence-electron chi connectivity index (χ1n) is 12.1. The highest BCUT2D eigenvalue weighted by molar-refractivity contribution is 5.78. The van der Waals surface area contributed by atoms with Gasteiger partial charge >= 0.3 is 23.9 Å². The molecule has 0 bridgehead atoms. The number of ether oxygens (including phenoxy) is 4. The van der Waals surface area contributed by atoms with Gasteiger partial charge in [0.2, 0.25) is 0 Å². The van der Waals surface area contributed by atoms with Crippen LogP contribution in [-0.2, 0) is 38.1 Å². The van der Waals surface area contributed by atoms with Gasteiger partial charge in [-0.15, -0.1) is 0 Å². The molecule has 1 aliphatic carbocycles. The minimum absolute atomic E-state index is 0.749. The molecule has 10 nitrogen and oxygen atoms in total. The van der Waals surface area contributed by atoms with Crippen molar-refractivity contribution in [2.45, 2.75) is 120 Å². The average Bonchev–Trinajstić information content (AvgIpc) is 2.67. The Balaban J connectivity index is 3.61. The predicted molar refractivity (Wildman–Crippen MR) is 129 cm³/mol. The molecule has 0 heterocycles. The standard InChI is InChI=1S/C26H44O10/c1-23(2,3)19(29)33-15-13(27)17(35-21(31)25(7,8)9)18(36-22(32)26(10,11)12)14(28)16(15)34-20(30)24(4,5)6/h13-18,27-28H,1-12H3/t13?,14?,15-,16-,17+,18+. The Kier molecular flexibility index (Phi) is 9.42. The molecule has 0 aromatic rings. The summed E-state index contributed by atoms with van der Waals surface area (Å²) in [6.07, 6.45) is -10.0. The first kappa shape index (κ1) is 31.8. The van der Waals surface area contributed by atoms with Gasteiger partial charge in [-0.2, -0.15) is 0 Å². The summed E-state index contributed by atoms with van der Waals surface area (Å²) in [5, 5.41) is 22.6. The molecule has 10 heteroatoms. The van der Waals surface area contributed by atoms with Crippen LogP contribution in [0.1, 0.15) is 83.1 Å². The molecule has 208 valence electrons. The lowest BCUT2D eigenvalue weighted by atomic mass is 9.83. The van der Waals surface area contributed by atoms with Crippen molar-refractivity contribution in [3.63, 3.8) is 0 Å². The van der Waals surface area contributed by atoms with Crippen LogP contribution in [-0.4, -0.2) is 70.7 Å². The summed E-state index contributed by atoms with van der Waals surface area (Å²) in [6.45, 7) is 19.0. The monoisotopic (exact) mass is 516 g/mol. The summed E-state index contributed by atoms with van der Waals surface area (Å²) in [6, 6.07) is 0. The van der Waals surface area contributed by atoms with Gasteiger partial charge in [0.05, 0.1) is 21.7 Å². The van der Waals surface area contributed by atoms with Crippen LogP contribution in [0, 0.1) is 21.7 Å². The van der Waals surface area contributed by atoms with Crippen molar-refractivity contribution in [2.75, 3.05) is 0 Å². The lowest BCUT2D eigenvalue weighted by Crippen LogP contribution is -2.68. The van der Waals surface area contributed by atoms with Crippen molar-refractivity contribution in [1.29, 1.82) is 0 Å². The molecule has 0 aromatic carbocycles. The Morgan fingerprint density at radius 1 is 0.417 bits per heavy atom. The number of hydrogen-bond donors (Lipinski definition) is 2. The summed E-state index contributed by atoms with van der Waals surface area (Å²) >= 11 is 0. The van der Waals surface area contributed by atoms with Crippen molar-refractivity contribution in [1.82, 2.24) is 0 Å². The second-order valence-electron chi connectivity index (χ2n) is 13.5. The Hall–Kier alpha value is -2.20. The lowest BCUT2D eigenvalue weighted by molar-refractivity contribution is -0.259. The van der Waals surface area contributed by atoms with Crippen LogP contribution in [0.2, 0.25) is 0 Å². The summed E-state index contributed by atoms with van der Waals surface area (Å²) in [5.74, 6) is -2.99. The van der Waals surface area contributed by atoms with Crippen LogP contribution >= 0.6 is 0 Å². The average molecular weight is 517 g/mol. The smallest absolute Gasteiger partial charge is 0.311 e. The first-order chi connectivity index (χ1) is 15.9. The van der Waals surface area contributed by atoms with E-state index in [-0.39, 0.29) is 0 Å². The number of aliphatic hydroxyl groups is 2. The van der Waals surface area contributed by atoms with Crippen LogP contribution < -0.4 is 0 Å². The second-order valence-corrected chi connectivity index (χ2v) is 13.5. The third-order valence-corrected chi connectivity index (χ3v) is 5.42. The Labute approximate surface area is 214 Å². The summed E-state index contributed by atoms with van der Waals surface area (Å²) in [5.41, 5.74) is -4.01. The van der Waals surface area contributed by atoms with E-state index in [1.165, 1.54) is 0 Å². The van der Waals surface area contributed by atoms with Crippen LogP contribution in [0.15, 0.2) is 0 Å². The molecular formula is C26H44O10. The van der Waals surface area contributed by atoms with Gasteiger partial charge in [-0.3, -0.25) is 19.2 Å². The number of esters is 4. The Morgan fingerprint density at radius 3 is 0.667 bits per heavy atom. The maximum Gasteiger partial charge on any atom is 0.311 e. The summed E-state index contributed by atoms with van der Waals surface area (Å²) < 4.78 is 22.1. The molecule has 1 saturated carbocycles. The van der Waals surface area contributed by atoms with E-state index >= 15 is 0 Å². The van der Waals surface area contributed by atoms with Crippen LogP contribution in [0.25, 0.3) is 0 Å². The van der Waals surface area contributed by atoms with E-state index < -0.39 is 82.2 Å². The van der Waals surface area contributed by atoms with Gasteiger partial charge in [-0.05, 0) is 83.1 Å². The van der Waals surface area contributed by atoms with Crippen molar-refractivity contribution < 1.29 is 48.3 Å². The Bertz CT molecular complexity index is 697. The normalized spacial score (nSPS) is 27.6. The van der Waals surface area contributed by atoms with Gasteiger partial charge < -0.3 is 29.2 Å². The van der Waals surface area contributed by atoms with Crippen LogP contribution in [0.5, 0.6) is 0 Å². The van der Waals surface area contributed by atoms with E-state index in [4.69, 9.17) is 18.9 Å². The van der Waals surface area contributed by atoms with E-state index in [1.54, 1.807) is 83.1 Å². The molecule has 0 aliphatic heterocycles. The molecule has 0 saturated heterocycles. The minimum atomic E-state index is -1.79. The van der Waals surface area contributed by atoms with Gasteiger partial charge in [0, 0.05) is 0 Å². The Morgan fingerprint density at radius 2 is 0.556 bits per heavy atom. The molecule has 1 fully saturated rings. The molecule has 0 spiro atoms. The van der Waals surface area contributed by atoms with Crippen molar-refractivity contribution in [2.24, 2.45) is 21.7 Å². The van der Waals surface area contributed by atoms with E-state index in [9.17, 15) is 29.4 Å². The number of carbonyl (C=O) groups is 4. The predicted octanol–water partition coefficient (Wildman–Crippen LogP) is 2.55. The van der Waals surface area contributed by atoms with E-state index in [0.29, 0.717) is 0 Å². The van der Waals surface area contributed by atoms with E-state index in [1.807, 2.05) is 0 Å². The van der Waals surface area contributed by atoms with Gasteiger partial charge in [0.25, 0.3) is 0 Å². The first-order valence-corrected chi connectivity index (χ1v) is 12.1. The molecule has 36 heavy (non-hydrogen) atoms. The maximum absolute atomic E-state index is 12.7. The van der Waals surface area contributed by atoms with Gasteiger partial charge in [0.1, 0.15) is 12.2 Å². The molecule has 1 aliphatic rings. The molecule has 6 atom stereocenters.